The smallest absolute Gasteiger partial charge is 0.120 e. The molecule has 0 spiro atoms. The number of likely N-dealkylation sites (N-methyl/N-ethyl adjacent to an activating group) is 1. The first kappa shape index (κ1) is 13.3. The molecule has 90 valence electrons. The third kappa shape index (κ3) is 4.42. The number of hydrogen-bond donors (Lipinski definition) is 1. The summed E-state index contributed by atoms with van der Waals surface area (Å²) < 4.78 is 5.72. The zero-order valence-corrected chi connectivity index (χ0v) is 10.9. The number of nitrogens with one attached hydrogen (secondary N) is 1. The largest absolute Gasteiger partial charge is 0.492 e. The molecule has 0 aliphatic carbocycles. The van der Waals surface area contributed by atoms with E-state index in [4.69, 9.17) is 16.3 Å². The van der Waals surface area contributed by atoms with Crippen LogP contribution in [-0.2, 0) is 0 Å². The van der Waals surface area contributed by atoms with Gasteiger partial charge in [-0.2, -0.15) is 0 Å². The number of rotatable bonds is 6. The first-order valence-corrected chi connectivity index (χ1v) is 6.13. The lowest BCUT2D eigenvalue weighted by Crippen LogP contribution is -2.38. The molecule has 0 amide bonds. The first-order chi connectivity index (χ1) is 7.63. The maximum atomic E-state index is 5.89. The van der Waals surface area contributed by atoms with E-state index < -0.39 is 0 Å². The van der Waals surface area contributed by atoms with Gasteiger partial charge in [-0.15, -0.1) is 0 Å². The van der Waals surface area contributed by atoms with Gasteiger partial charge in [-0.25, -0.2) is 0 Å². The van der Waals surface area contributed by atoms with Crippen molar-refractivity contribution in [3.63, 3.8) is 0 Å². The summed E-state index contributed by atoms with van der Waals surface area (Å²) in [6, 6.07) is 7.89. The van der Waals surface area contributed by atoms with Crippen LogP contribution in [-0.4, -0.2) is 19.2 Å². The van der Waals surface area contributed by atoms with Gasteiger partial charge >= 0.3 is 0 Å². The summed E-state index contributed by atoms with van der Waals surface area (Å²) in [5, 5.41) is 4.12. The second-order valence-electron chi connectivity index (χ2n) is 4.18. The number of ether oxygens (including phenoxy) is 1. The quantitative estimate of drug-likeness (QED) is 0.825. The summed E-state index contributed by atoms with van der Waals surface area (Å²) in [7, 11) is 0. The number of halogens is 1. The third-order valence-electron chi connectivity index (χ3n) is 2.50. The fraction of sp³-hybridized carbons (Fsp3) is 0.538. The van der Waals surface area contributed by atoms with Crippen LogP contribution in [0.3, 0.4) is 0 Å². The predicted molar refractivity (Wildman–Crippen MR) is 69.2 cm³/mol. The van der Waals surface area contributed by atoms with Crippen molar-refractivity contribution in [2.45, 2.75) is 26.8 Å². The average molecular weight is 242 g/mol. The van der Waals surface area contributed by atoms with E-state index in [9.17, 15) is 0 Å². The van der Waals surface area contributed by atoms with Crippen LogP contribution >= 0.6 is 11.6 Å². The van der Waals surface area contributed by atoms with Crippen LogP contribution in [0.1, 0.15) is 20.8 Å². The Bertz CT molecular complexity index is 315. The van der Waals surface area contributed by atoms with Gasteiger partial charge in [0.2, 0.25) is 0 Å². The average Bonchev–Trinajstić information content (AvgIpc) is 2.24. The minimum Gasteiger partial charge on any atom is -0.492 e. The molecule has 0 saturated heterocycles. The second-order valence-corrected chi connectivity index (χ2v) is 4.61. The van der Waals surface area contributed by atoms with Crippen LogP contribution in [0.2, 0.25) is 5.02 Å². The lowest BCUT2D eigenvalue weighted by Gasteiger charge is -2.22. The molecule has 0 bridgehead atoms. The van der Waals surface area contributed by atoms with Crippen molar-refractivity contribution in [1.82, 2.24) is 5.32 Å². The molecule has 1 atom stereocenters. The van der Waals surface area contributed by atoms with Gasteiger partial charge in [-0.3, -0.25) is 0 Å². The van der Waals surface area contributed by atoms with Crippen LogP contribution in [0.4, 0.5) is 0 Å². The molecule has 1 aromatic rings. The van der Waals surface area contributed by atoms with Gasteiger partial charge in [-0.1, -0.05) is 38.4 Å². The Morgan fingerprint density at radius 2 is 2.12 bits per heavy atom. The molecule has 0 saturated carbocycles. The molecule has 2 nitrogen and oxygen atoms in total. The van der Waals surface area contributed by atoms with Gasteiger partial charge in [0.25, 0.3) is 0 Å². The van der Waals surface area contributed by atoms with Crippen LogP contribution in [0.5, 0.6) is 5.75 Å². The van der Waals surface area contributed by atoms with E-state index >= 15 is 0 Å². The van der Waals surface area contributed by atoms with Crippen LogP contribution < -0.4 is 10.1 Å². The van der Waals surface area contributed by atoms with Crippen molar-refractivity contribution in [2.24, 2.45) is 5.92 Å². The summed E-state index contributed by atoms with van der Waals surface area (Å²) in [5.41, 5.74) is 0. The molecule has 1 rings (SSSR count). The van der Waals surface area contributed by atoms with Crippen molar-refractivity contribution in [3.05, 3.63) is 29.3 Å². The SMILES string of the molecule is CCNC(COc1cccc(Cl)c1)C(C)C. The maximum absolute atomic E-state index is 5.89. The van der Waals surface area contributed by atoms with Crippen LogP contribution in [0, 0.1) is 5.92 Å². The molecule has 1 unspecified atom stereocenters. The standard InChI is InChI=1S/C13H20ClNO/c1-4-15-13(10(2)3)9-16-12-7-5-6-11(14)8-12/h5-8,10,13,15H,4,9H2,1-3H3. The minimum absolute atomic E-state index is 0.379. The van der Waals surface area contributed by atoms with Crippen molar-refractivity contribution in [2.75, 3.05) is 13.2 Å². The highest BCUT2D eigenvalue weighted by Gasteiger charge is 2.12. The summed E-state index contributed by atoms with van der Waals surface area (Å²) in [6.07, 6.45) is 0. The zero-order valence-electron chi connectivity index (χ0n) is 10.2. The number of benzene rings is 1. The minimum atomic E-state index is 0.379. The van der Waals surface area contributed by atoms with Gasteiger partial charge in [-0.05, 0) is 30.7 Å². The normalized spacial score (nSPS) is 12.8. The Kier molecular flexibility index (Phi) is 5.64. The Morgan fingerprint density at radius 3 is 2.69 bits per heavy atom. The summed E-state index contributed by atoms with van der Waals surface area (Å²) in [4.78, 5) is 0. The van der Waals surface area contributed by atoms with E-state index in [0.717, 1.165) is 12.3 Å². The van der Waals surface area contributed by atoms with Gasteiger partial charge in [0.1, 0.15) is 12.4 Å². The molecular formula is C13H20ClNO. The van der Waals surface area contributed by atoms with Crippen molar-refractivity contribution < 1.29 is 4.74 Å². The summed E-state index contributed by atoms with van der Waals surface area (Å²) in [6.45, 7) is 8.12. The molecule has 1 N–H and O–H groups in total. The van der Waals surface area contributed by atoms with E-state index in [0.29, 0.717) is 23.6 Å². The fourth-order valence-corrected chi connectivity index (χ4v) is 1.67. The Morgan fingerprint density at radius 1 is 1.38 bits per heavy atom. The lowest BCUT2D eigenvalue weighted by atomic mass is 10.1. The third-order valence-corrected chi connectivity index (χ3v) is 2.73. The van der Waals surface area contributed by atoms with Crippen LogP contribution in [0.25, 0.3) is 0 Å². The topological polar surface area (TPSA) is 21.3 Å². The van der Waals surface area contributed by atoms with E-state index in [-0.39, 0.29) is 0 Å². The molecule has 0 aromatic heterocycles. The Balaban J connectivity index is 2.48. The summed E-state index contributed by atoms with van der Waals surface area (Å²) >= 11 is 5.89. The molecule has 0 radical (unpaired) electrons. The van der Waals surface area contributed by atoms with E-state index in [1.54, 1.807) is 0 Å². The second kappa shape index (κ2) is 6.77. The summed E-state index contributed by atoms with van der Waals surface area (Å²) in [5.74, 6) is 1.38. The maximum Gasteiger partial charge on any atom is 0.120 e. The molecule has 3 heteroatoms. The van der Waals surface area contributed by atoms with Gasteiger partial charge in [0.15, 0.2) is 0 Å². The van der Waals surface area contributed by atoms with E-state index in [1.807, 2.05) is 24.3 Å². The lowest BCUT2D eigenvalue weighted by molar-refractivity contribution is 0.232. The van der Waals surface area contributed by atoms with E-state index in [1.165, 1.54) is 0 Å². The number of hydrogen-bond acceptors (Lipinski definition) is 2. The highest BCUT2D eigenvalue weighted by atomic mass is 35.5. The monoisotopic (exact) mass is 241 g/mol. The molecule has 0 aliphatic heterocycles. The zero-order chi connectivity index (χ0) is 12.0. The molecular weight excluding hydrogens is 222 g/mol. The van der Waals surface area contributed by atoms with E-state index in [2.05, 4.69) is 26.1 Å². The molecule has 0 fully saturated rings. The highest BCUT2D eigenvalue weighted by Crippen LogP contribution is 2.17. The molecule has 1 aromatic carbocycles. The van der Waals surface area contributed by atoms with Gasteiger partial charge < -0.3 is 10.1 Å². The Labute approximate surface area is 103 Å². The van der Waals surface area contributed by atoms with Crippen molar-refractivity contribution in [3.8, 4) is 5.75 Å². The fourth-order valence-electron chi connectivity index (χ4n) is 1.49. The highest BCUT2D eigenvalue weighted by molar-refractivity contribution is 6.30. The first-order valence-electron chi connectivity index (χ1n) is 5.75. The predicted octanol–water partition coefficient (Wildman–Crippen LogP) is 3.35. The van der Waals surface area contributed by atoms with Gasteiger partial charge in [0, 0.05) is 11.1 Å². The van der Waals surface area contributed by atoms with Crippen LogP contribution in [0.15, 0.2) is 24.3 Å². The molecule has 0 aliphatic rings. The molecule has 0 heterocycles. The van der Waals surface area contributed by atoms with Crippen molar-refractivity contribution >= 4 is 11.6 Å². The Hall–Kier alpha value is -0.730. The molecule has 16 heavy (non-hydrogen) atoms. The van der Waals surface area contributed by atoms with Gasteiger partial charge in [0.05, 0.1) is 0 Å². The van der Waals surface area contributed by atoms with Crippen molar-refractivity contribution in [1.29, 1.82) is 0 Å².